The van der Waals surface area contributed by atoms with Gasteiger partial charge in [-0.3, -0.25) is 14.2 Å². The van der Waals surface area contributed by atoms with E-state index in [1.165, 1.54) is 10.8 Å². The molecule has 122 valence electrons. The molecule has 0 saturated carbocycles. The van der Waals surface area contributed by atoms with Gasteiger partial charge in [0.1, 0.15) is 18.9 Å². The van der Waals surface area contributed by atoms with Gasteiger partial charge in [0.2, 0.25) is 5.91 Å². The molecule has 24 heavy (non-hydrogen) atoms. The molecule has 6 heteroatoms. The highest BCUT2D eigenvalue weighted by Crippen LogP contribution is 2.08. The third-order valence-electron chi connectivity index (χ3n) is 3.49. The maximum absolute atomic E-state index is 12.1. The number of hydrogen-bond acceptors (Lipinski definition) is 4. The van der Waals surface area contributed by atoms with Gasteiger partial charge in [0.15, 0.2) is 0 Å². The monoisotopic (exact) mass is 323 g/mol. The first kappa shape index (κ1) is 15.7. The molecule has 0 radical (unpaired) electrons. The van der Waals surface area contributed by atoms with Crippen LogP contribution in [0.2, 0.25) is 0 Å². The molecule has 1 N–H and O–H groups in total. The van der Waals surface area contributed by atoms with Gasteiger partial charge in [0.25, 0.3) is 5.56 Å². The van der Waals surface area contributed by atoms with Crippen molar-refractivity contribution < 1.29 is 9.53 Å². The molecule has 3 aromatic rings. The minimum absolute atomic E-state index is 0.0484. The Morgan fingerprint density at radius 1 is 1.08 bits per heavy atom. The number of amides is 1. The summed E-state index contributed by atoms with van der Waals surface area (Å²) in [5, 5.41) is 2.75. The van der Waals surface area contributed by atoms with Crippen LogP contribution in [0.4, 0.5) is 0 Å². The lowest BCUT2D eigenvalue weighted by atomic mass is 10.3. The molecular weight excluding hydrogens is 306 g/mol. The van der Waals surface area contributed by atoms with Crippen molar-refractivity contribution >= 4 is 16.9 Å². The van der Waals surface area contributed by atoms with Crippen molar-refractivity contribution in [3.63, 3.8) is 0 Å². The van der Waals surface area contributed by atoms with Crippen molar-refractivity contribution in [2.24, 2.45) is 0 Å². The second-order valence-electron chi connectivity index (χ2n) is 5.18. The van der Waals surface area contributed by atoms with Crippen LogP contribution in [0.1, 0.15) is 0 Å². The van der Waals surface area contributed by atoms with Crippen LogP contribution in [0.15, 0.2) is 65.6 Å². The third-order valence-corrected chi connectivity index (χ3v) is 3.49. The molecule has 0 atom stereocenters. The van der Waals surface area contributed by atoms with Gasteiger partial charge in [-0.2, -0.15) is 0 Å². The van der Waals surface area contributed by atoms with E-state index in [0.717, 1.165) is 5.75 Å². The number of fused-ring (bicyclic) bond motifs is 1. The lowest BCUT2D eigenvalue weighted by Crippen LogP contribution is -2.34. The first-order chi connectivity index (χ1) is 11.7. The predicted octanol–water partition coefficient (Wildman–Crippen LogP) is 1.59. The Balaban J connectivity index is 1.57. The van der Waals surface area contributed by atoms with Crippen molar-refractivity contribution in [2.45, 2.75) is 6.54 Å². The Labute approximate surface area is 138 Å². The molecule has 0 saturated heterocycles. The van der Waals surface area contributed by atoms with Gasteiger partial charge in [0, 0.05) is 0 Å². The summed E-state index contributed by atoms with van der Waals surface area (Å²) in [5.74, 6) is 0.508. The second kappa shape index (κ2) is 7.41. The summed E-state index contributed by atoms with van der Waals surface area (Å²) in [6.07, 6.45) is 1.23. The Morgan fingerprint density at radius 2 is 1.83 bits per heavy atom. The van der Waals surface area contributed by atoms with Crippen LogP contribution in [0.25, 0.3) is 11.0 Å². The van der Waals surface area contributed by atoms with Crippen LogP contribution < -0.4 is 15.6 Å². The molecular formula is C18H17N3O3. The minimum atomic E-state index is -0.301. The van der Waals surface area contributed by atoms with Crippen LogP contribution in [0.3, 0.4) is 0 Å². The fourth-order valence-electron chi connectivity index (χ4n) is 2.35. The molecule has 0 fully saturated rings. The van der Waals surface area contributed by atoms with E-state index < -0.39 is 0 Å². The smallest absolute Gasteiger partial charge is 0.269 e. The first-order valence-corrected chi connectivity index (χ1v) is 7.63. The molecule has 0 aliphatic rings. The van der Waals surface area contributed by atoms with Crippen LogP contribution in [-0.2, 0) is 11.3 Å². The van der Waals surface area contributed by atoms with Crippen molar-refractivity contribution in [3.05, 3.63) is 71.1 Å². The van der Waals surface area contributed by atoms with Gasteiger partial charge in [-0.05, 0) is 24.3 Å². The number of ether oxygens (including phenoxy) is 1. The molecule has 1 aromatic heterocycles. The standard InChI is InChI=1S/C18H17N3O3/c22-17(19-10-11-24-14-6-2-1-3-7-14)13-21-16-9-5-4-8-15(16)20-12-18(21)23/h1-9,12H,10-11,13H2,(H,19,22). The largest absolute Gasteiger partial charge is 0.492 e. The predicted molar refractivity (Wildman–Crippen MR) is 90.9 cm³/mol. The third kappa shape index (κ3) is 3.78. The zero-order valence-electron chi connectivity index (χ0n) is 13.0. The molecule has 3 rings (SSSR count). The van der Waals surface area contributed by atoms with Gasteiger partial charge in [-0.15, -0.1) is 0 Å². The minimum Gasteiger partial charge on any atom is -0.492 e. The second-order valence-corrected chi connectivity index (χ2v) is 5.18. The van der Waals surface area contributed by atoms with Crippen LogP contribution >= 0.6 is 0 Å². The van der Waals surface area contributed by atoms with E-state index in [4.69, 9.17) is 4.74 Å². The van der Waals surface area contributed by atoms with Gasteiger partial charge in [0.05, 0.1) is 23.8 Å². The van der Waals surface area contributed by atoms with Gasteiger partial charge in [-0.25, -0.2) is 4.98 Å². The van der Waals surface area contributed by atoms with Crippen molar-refractivity contribution in [2.75, 3.05) is 13.2 Å². The Kier molecular flexibility index (Phi) is 4.86. The zero-order valence-corrected chi connectivity index (χ0v) is 13.0. The molecule has 2 aromatic carbocycles. The van der Waals surface area contributed by atoms with E-state index >= 15 is 0 Å². The Hall–Kier alpha value is -3.15. The van der Waals surface area contributed by atoms with Crippen molar-refractivity contribution in [1.29, 1.82) is 0 Å². The number of carbonyl (C=O) groups is 1. The highest BCUT2D eigenvalue weighted by atomic mass is 16.5. The number of rotatable bonds is 6. The first-order valence-electron chi connectivity index (χ1n) is 7.63. The maximum atomic E-state index is 12.1. The topological polar surface area (TPSA) is 73.2 Å². The quantitative estimate of drug-likeness (QED) is 0.699. The number of carbonyl (C=O) groups excluding carboxylic acids is 1. The van der Waals surface area contributed by atoms with Crippen LogP contribution in [-0.4, -0.2) is 28.6 Å². The maximum Gasteiger partial charge on any atom is 0.269 e. The van der Waals surface area contributed by atoms with E-state index in [0.29, 0.717) is 24.2 Å². The summed E-state index contributed by atoms with van der Waals surface area (Å²) in [5.41, 5.74) is 1.02. The highest BCUT2D eigenvalue weighted by molar-refractivity contribution is 5.79. The fraction of sp³-hybridized carbons (Fsp3) is 0.167. The Bertz CT molecular complexity index is 891. The molecule has 6 nitrogen and oxygen atoms in total. The van der Waals surface area contributed by atoms with E-state index in [1.807, 2.05) is 42.5 Å². The number of nitrogens with zero attached hydrogens (tertiary/aromatic N) is 2. The number of benzene rings is 2. The zero-order chi connectivity index (χ0) is 16.8. The summed E-state index contributed by atoms with van der Waals surface area (Å²) < 4.78 is 6.92. The van der Waals surface area contributed by atoms with Gasteiger partial charge < -0.3 is 10.1 Å². The molecule has 0 aliphatic carbocycles. The lowest BCUT2D eigenvalue weighted by molar-refractivity contribution is -0.121. The number of hydrogen-bond donors (Lipinski definition) is 1. The molecule has 0 aliphatic heterocycles. The summed E-state index contributed by atoms with van der Waals surface area (Å²) in [6, 6.07) is 16.6. The van der Waals surface area contributed by atoms with Crippen molar-refractivity contribution in [1.82, 2.24) is 14.9 Å². The van der Waals surface area contributed by atoms with Crippen LogP contribution in [0, 0.1) is 0 Å². The summed E-state index contributed by atoms with van der Waals surface area (Å²) in [4.78, 5) is 28.1. The summed E-state index contributed by atoms with van der Waals surface area (Å²) >= 11 is 0. The molecule has 1 amide bonds. The van der Waals surface area contributed by atoms with Gasteiger partial charge in [-0.1, -0.05) is 30.3 Å². The molecule has 0 bridgehead atoms. The molecule has 1 heterocycles. The number of nitrogens with one attached hydrogen (secondary N) is 1. The summed E-state index contributed by atoms with van der Waals surface area (Å²) in [6.45, 7) is 0.681. The highest BCUT2D eigenvalue weighted by Gasteiger charge is 2.08. The molecule has 0 unspecified atom stereocenters. The summed E-state index contributed by atoms with van der Waals surface area (Å²) in [7, 11) is 0. The van der Waals surface area contributed by atoms with E-state index in [1.54, 1.807) is 12.1 Å². The molecule has 0 spiro atoms. The normalized spacial score (nSPS) is 10.5. The fourth-order valence-corrected chi connectivity index (χ4v) is 2.35. The van der Waals surface area contributed by atoms with E-state index in [-0.39, 0.29) is 18.0 Å². The van der Waals surface area contributed by atoms with Crippen molar-refractivity contribution in [3.8, 4) is 5.75 Å². The Morgan fingerprint density at radius 3 is 2.67 bits per heavy atom. The van der Waals surface area contributed by atoms with Gasteiger partial charge >= 0.3 is 0 Å². The lowest BCUT2D eigenvalue weighted by Gasteiger charge is -2.10. The SMILES string of the molecule is O=C(Cn1c(=O)cnc2ccccc21)NCCOc1ccccc1. The number of aromatic nitrogens is 2. The number of para-hydroxylation sites is 3. The van der Waals surface area contributed by atoms with E-state index in [9.17, 15) is 9.59 Å². The average Bonchev–Trinajstić information content (AvgIpc) is 2.62. The van der Waals surface area contributed by atoms with Crippen LogP contribution in [0.5, 0.6) is 5.75 Å². The van der Waals surface area contributed by atoms with E-state index in [2.05, 4.69) is 10.3 Å². The average molecular weight is 323 g/mol.